The molecule has 1 saturated heterocycles. The van der Waals surface area contributed by atoms with Crippen LogP contribution in [0, 0.1) is 30.5 Å². The zero-order valence-electron chi connectivity index (χ0n) is 18.0. The average molecular weight is 406 g/mol. The number of nitrogens with one attached hydrogen (secondary N) is 1. The number of benzene rings is 1. The number of likely N-dealkylation sites (tertiary alicyclic amines) is 1. The Morgan fingerprint density at radius 1 is 1.17 bits per heavy atom. The molecule has 1 aromatic carbocycles. The Morgan fingerprint density at radius 2 is 1.79 bits per heavy atom. The number of carbonyl (C=O) groups is 2. The fraction of sp³-hybridized carbons (Fsp3) is 0.636. The van der Waals surface area contributed by atoms with Crippen molar-refractivity contribution >= 4 is 12.0 Å². The Morgan fingerprint density at radius 3 is 2.34 bits per heavy atom. The summed E-state index contributed by atoms with van der Waals surface area (Å²) in [5.41, 5.74) is -0.376. The largest absolute Gasteiger partial charge is 0.491 e. The summed E-state index contributed by atoms with van der Waals surface area (Å²) < 4.78 is 24.4. The van der Waals surface area contributed by atoms with Crippen LogP contribution in [0.2, 0.25) is 0 Å². The van der Waals surface area contributed by atoms with Gasteiger partial charge in [-0.1, -0.05) is 0 Å². The smallest absolute Gasteiger partial charge is 0.410 e. The van der Waals surface area contributed by atoms with Crippen molar-refractivity contribution in [3.05, 3.63) is 29.6 Å². The van der Waals surface area contributed by atoms with Crippen molar-refractivity contribution in [1.29, 1.82) is 0 Å². The molecule has 0 radical (unpaired) electrons. The zero-order chi connectivity index (χ0) is 21.6. The Balaban J connectivity index is 1.47. The van der Waals surface area contributed by atoms with Gasteiger partial charge in [0.25, 0.3) is 0 Å². The Kier molecular flexibility index (Phi) is 5.54. The molecule has 1 aromatic rings. The summed E-state index contributed by atoms with van der Waals surface area (Å²) in [5, 5.41) is 3.06. The maximum atomic E-state index is 13.2. The molecule has 7 heteroatoms. The second-order valence-electron chi connectivity index (χ2n) is 9.81. The van der Waals surface area contributed by atoms with Crippen molar-refractivity contribution in [2.45, 2.75) is 52.7 Å². The predicted octanol–water partition coefficient (Wildman–Crippen LogP) is 3.52. The van der Waals surface area contributed by atoms with Gasteiger partial charge in [-0.05, 0) is 77.1 Å². The number of aryl methyl sites for hydroxylation is 1. The molecule has 3 rings (SSSR count). The third-order valence-corrected chi connectivity index (χ3v) is 5.34. The van der Waals surface area contributed by atoms with Gasteiger partial charge in [0.1, 0.15) is 23.8 Å². The van der Waals surface area contributed by atoms with Crippen LogP contribution >= 0.6 is 0 Å². The van der Waals surface area contributed by atoms with Crippen molar-refractivity contribution in [2.24, 2.45) is 17.8 Å². The van der Waals surface area contributed by atoms with E-state index in [9.17, 15) is 14.0 Å². The van der Waals surface area contributed by atoms with Gasteiger partial charge >= 0.3 is 6.09 Å². The van der Waals surface area contributed by atoms with E-state index in [0.29, 0.717) is 24.4 Å². The molecular weight excluding hydrogens is 375 g/mol. The Labute approximate surface area is 171 Å². The summed E-state index contributed by atoms with van der Waals surface area (Å²) in [6.07, 6.45) is -0.313. The lowest BCUT2D eigenvalue weighted by Gasteiger charge is -2.28. The van der Waals surface area contributed by atoms with E-state index in [1.165, 1.54) is 12.1 Å². The van der Waals surface area contributed by atoms with E-state index in [2.05, 4.69) is 5.32 Å². The number of carbonyl (C=O) groups excluding carboxylic acids is 2. The second-order valence-corrected chi connectivity index (χ2v) is 9.81. The normalized spacial score (nSPS) is 23.4. The lowest BCUT2D eigenvalue weighted by molar-refractivity contribution is -0.125. The first-order chi connectivity index (χ1) is 13.4. The average Bonchev–Trinajstić information content (AvgIpc) is 3.06. The number of hydrogen-bond acceptors (Lipinski definition) is 4. The van der Waals surface area contributed by atoms with E-state index in [0.717, 1.165) is 0 Å². The van der Waals surface area contributed by atoms with Crippen LogP contribution in [0.1, 0.15) is 40.2 Å². The molecule has 1 saturated carbocycles. The number of piperidine rings is 1. The SMILES string of the molecule is Cc1cc(F)ccc1OCC(C)(C)NC(=O)C1C2CN(C(=O)OC(C)(C)C)CC21. The van der Waals surface area contributed by atoms with Crippen molar-refractivity contribution < 1.29 is 23.5 Å². The minimum Gasteiger partial charge on any atom is -0.491 e. The highest BCUT2D eigenvalue weighted by Gasteiger charge is 2.61. The van der Waals surface area contributed by atoms with Gasteiger partial charge in [0, 0.05) is 19.0 Å². The van der Waals surface area contributed by atoms with Gasteiger partial charge < -0.3 is 19.7 Å². The van der Waals surface area contributed by atoms with Gasteiger partial charge in [-0.2, -0.15) is 0 Å². The number of nitrogens with zero attached hydrogens (tertiary/aromatic N) is 1. The number of halogens is 1. The molecule has 0 aromatic heterocycles. The van der Waals surface area contributed by atoms with Gasteiger partial charge in [0.2, 0.25) is 5.91 Å². The molecule has 1 aliphatic heterocycles. The lowest BCUT2D eigenvalue weighted by atomic mass is 10.1. The highest BCUT2D eigenvalue weighted by Crippen LogP contribution is 2.52. The number of rotatable bonds is 5. The van der Waals surface area contributed by atoms with E-state index in [1.54, 1.807) is 17.9 Å². The van der Waals surface area contributed by atoms with Gasteiger partial charge in [-0.25, -0.2) is 9.18 Å². The molecule has 2 aliphatic rings. The highest BCUT2D eigenvalue weighted by molar-refractivity contribution is 5.84. The predicted molar refractivity (Wildman–Crippen MR) is 107 cm³/mol. The zero-order valence-corrected chi connectivity index (χ0v) is 18.0. The molecule has 2 unspecified atom stereocenters. The monoisotopic (exact) mass is 406 g/mol. The third-order valence-electron chi connectivity index (χ3n) is 5.34. The Bertz CT molecular complexity index is 790. The molecular formula is C22H31FN2O4. The topological polar surface area (TPSA) is 67.9 Å². The molecule has 1 N–H and O–H groups in total. The van der Waals surface area contributed by atoms with E-state index in [1.807, 2.05) is 34.6 Å². The molecule has 2 fully saturated rings. The standard InChI is InChI=1S/C22H31FN2O4/c1-13-9-14(23)7-8-17(13)28-12-22(5,6)24-19(26)18-15-10-25(11-16(15)18)20(27)29-21(2,3)4/h7-9,15-16,18H,10-12H2,1-6H3,(H,24,26). The van der Waals surface area contributed by atoms with Gasteiger partial charge in [0.05, 0.1) is 5.54 Å². The maximum absolute atomic E-state index is 13.2. The van der Waals surface area contributed by atoms with Crippen molar-refractivity contribution in [2.75, 3.05) is 19.7 Å². The molecule has 29 heavy (non-hydrogen) atoms. The molecule has 1 aliphatic carbocycles. The fourth-order valence-electron chi connectivity index (χ4n) is 3.88. The van der Waals surface area contributed by atoms with Gasteiger partial charge in [0.15, 0.2) is 0 Å². The maximum Gasteiger partial charge on any atom is 0.410 e. The van der Waals surface area contributed by atoms with Crippen LogP contribution in [0.25, 0.3) is 0 Å². The van der Waals surface area contributed by atoms with Crippen LogP contribution in [0.15, 0.2) is 18.2 Å². The van der Waals surface area contributed by atoms with Crippen LogP contribution in [0.4, 0.5) is 9.18 Å². The van der Waals surface area contributed by atoms with Crippen LogP contribution < -0.4 is 10.1 Å². The quantitative estimate of drug-likeness (QED) is 0.812. The molecule has 1 heterocycles. The summed E-state index contributed by atoms with van der Waals surface area (Å²) in [6.45, 7) is 12.5. The van der Waals surface area contributed by atoms with Crippen molar-refractivity contribution in [1.82, 2.24) is 10.2 Å². The first-order valence-electron chi connectivity index (χ1n) is 10.1. The van der Waals surface area contributed by atoms with Gasteiger partial charge in [-0.3, -0.25) is 4.79 Å². The first kappa shape index (κ1) is 21.4. The molecule has 0 spiro atoms. The van der Waals surface area contributed by atoms with Crippen molar-refractivity contribution in [3.8, 4) is 5.75 Å². The number of amides is 2. The second kappa shape index (κ2) is 7.50. The first-order valence-corrected chi connectivity index (χ1v) is 10.1. The van der Waals surface area contributed by atoms with E-state index in [-0.39, 0.29) is 42.2 Å². The summed E-state index contributed by atoms with van der Waals surface area (Å²) in [6, 6.07) is 4.37. The number of ether oxygens (including phenoxy) is 2. The fourth-order valence-corrected chi connectivity index (χ4v) is 3.88. The molecule has 0 bridgehead atoms. The van der Waals surface area contributed by atoms with Crippen LogP contribution in [0.5, 0.6) is 5.75 Å². The summed E-state index contributed by atoms with van der Waals surface area (Å²) in [7, 11) is 0. The van der Waals surface area contributed by atoms with E-state index in [4.69, 9.17) is 9.47 Å². The summed E-state index contributed by atoms with van der Waals surface area (Å²) in [4.78, 5) is 26.6. The third kappa shape index (κ3) is 5.19. The summed E-state index contributed by atoms with van der Waals surface area (Å²) in [5.74, 6) is 0.610. The number of hydrogen-bond donors (Lipinski definition) is 1. The highest BCUT2D eigenvalue weighted by atomic mass is 19.1. The van der Waals surface area contributed by atoms with E-state index >= 15 is 0 Å². The molecule has 2 atom stereocenters. The lowest BCUT2D eigenvalue weighted by Crippen LogP contribution is -2.49. The molecule has 2 amide bonds. The Hall–Kier alpha value is -2.31. The van der Waals surface area contributed by atoms with E-state index < -0.39 is 11.1 Å². The van der Waals surface area contributed by atoms with Crippen molar-refractivity contribution in [3.63, 3.8) is 0 Å². The van der Waals surface area contributed by atoms with Crippen LogP contribution in [0.3, 0.4) is 0 Å². The van der Waals surface area contributed by atoms with Crippen LogP contribution in [-0.2, 0) is 9.53 Å². The molecule has 6 nitrogen and oxygen atoms in total. The molecule has 160 valence electrons. The minimum atomic E-state index is -0.570. The van der Waals surface area contributed by atoms with Crippen LogP contribution in [-0.4, -0.2) is 47.7 Å². The van der Waals surface area contributed by atoms with Gasteiger partial charge in [-0.15, -0.1) is 0 Å². The minimum absolute atomic E-state index is 0.00623. The summed E-state index contributed by atoms with van der Waals surface area (Å²) >= 11 is 0. The number of fused-ring (bicyclic) bond motifs is 1.